The van der Waals surface area contributed by atoms with Crippen molar-refractivity contribution < 1.29 is 4.42 Å². The van der Waals surface area contributed by atoms with Crippen molar-refractivity contribution in [3.8, 4) is 0 Å². The zero-order chi connectivity index (χ0) is 11.7. The smallest absolute Gasteiger partial charge is 0.200 e. The Kier molecular flexibility index (Phi) is 2.68. The molecule has 3 heterocycles. The van der Waals surface area contributed by atoms with Crippen molar-refractivity contribution in [3.63, 3.8) is 0 Å². The number of piperidine rings is 1. The molecule has 0 saturated carbocycles. The number of hydrogen-bond donors (Lipinski definition) is 2. The molecule has 1 fully saturated rings. The van der Waals surface area contributed by atoms with E-state index < -0.39 is 0 Å². The molecule has 2 aromatic rings. The summed E-state index contributed by atoms with van der Waals surface area (Å²) < 4.78 is 5.87. The first-order valence-electron chi connectivity index (χ1n) is 6.02. The lowest BCUT2D eigenvalue weighted by Crippen LogP contribution is -2.26. The van der Waals surface area contributed by atoms with E-state index in [-0.39, 0.29) is 0 Å². The Bertz CT molecular complexity index is 516. The maximum Gasteiger partial charge on any atom is 0.200 e. The minimum Gasteiger partial charge on any atom is -0.436 e. The monoisotopic (exact) mass is 232 g/mol. The summed E-state index contributed by atoms with van der Waals surface area (Å²) in [5.41, 5.74) is 2.41. The lowest BCUT2D eigenvalue weighted by molar-refractivity contribution is 0.385. The van der Waals surface area contributed by atoms with Crippen LogP contribution >= 0.6 is 0 Å². The van der Waals surface area contributed by atoms with Gasteiger partial charge in [-0.25, -0.2) is 4.98 Å². The summed E-state index contributed by atoms with van der Waals surface area (Å²) in [4.78, 5) is 8.74. The van der Waals surface area contributed by atoms with E-state index in [1.165, 1.54) is 0 Å². The van der Waals surface area contributed by atoms with Gasteiger partial charge in [0.25, 0.3) is 0 Å². The highest BCUT2D eigenvalue weighted by atomic mass is 16.3. The molecule has 5 nitrogen and oxygen atoms in total. The molecule has 0 aliphatic carbocycles. The second kappa shape index (κ2) is 4.33. The quantitative estimate of drug-likeness (QED) is 0.825. The van der Waals surface area contributed by atoms with E-state index in [2.05, 4.69) is 20.6 Å². The van der Waals surface area contributed by atoms with Crippen molar-refractivity contribution in [2.45, 2.75) is 18.8 Å². The fraction of sp³-hybridized carbons (Fsp3) is 0.500. The summed E-state index contributed by atoms with van der Waals surface area (Å²) in [7, 11) is 1.88. The van der Waals surface area contributed by atoms with Crippen LogP contribution in [0.15, 0.2) is 16.7 Å². The third kappa shape index (κ3) is 1.86. The molecule has 2 N–H and O–H groups in total. The number of nitrogens with one attached hydrogen (secondary N) is 2. The lowest BCUT2D eigenvalue weighted by Gasteiger charge is -2.19. The highest BCUT2D eigenvalue weighted by molar-refractivity contribution is 5.82. The summed E-state index contributed by atoms with van der Waals surface area (Å²) in [6.07, 6.45) is 3.92. The van der Waals surface area contributed by atoms with E-state index in [1.54, 1.807) is 6.20 Å². The molecule has 5 heteroatoms. The van der Waals surface area contributed by atoms with E-state index in [0.717, 1.165) is 43.1 Å². The van der Waals surface area contributed by atoms with Crippen LogP contribution < -0.4 is 10.6 Å². The minimum atomic E-state index is 0.426. The molecule has 0 spiro atoms. The largest absolute Gasteiger partial charge is 0.436 e. The number of aromatic nitrogens is 2. The van der Waals surface area contributed by atoms with Gasteiger partial charge in [-0.3, -0.25) is 0 Å². The molecule has 90 valence electrons. The molecule has 3 rings (SSSR count). The van der Waals surface area contributed by atoms with Gasteiger partial charge in [-0.2, -0.15) is 4.98 Å². The maximum atomic E-state index is 5.87. The van der Waals surface area contributed by atoms with Crippen LogP contribution in [0.1, 0.15) is 24.7 Å². The molecule has 0 aromatic carbocycles. The standard InChI is InChI=1S/C12H16N4O/c1-13-9-4-7-15-11-10(9)17-12(16-11)8-2-5-14-6-3-8/h4,7-8,14H,2-3,5-6H2,1H3,(H,13,15). The van der Waals surface area contributed by atoms with Crippen molar-refractivity contribution in [3.05, 3.63) is 18.2 Å². The predicted molar refractivity (Wildman–Crippen MR) is 66.2 cm³/mol. The average molecular weight is 232 g/mol. The van der Waals surface area contributed by atoms with Crippen LogP contribution in [0.4, 0.5) is 5.69 Å². The summed E-state index contributed by atoms with van der Waals surface area (Å²) in [6, 6.07) is 1.90. The van der Waals surface area contributed by atoms with Gasteiger partial charge in [-0.15, -0.1) is 0 Å². The van der Waals surface area contributed by atoms with Gasteiger partial charge < -0.3 is 15.1 Å². The van der Waals surface area contributed by atoms with Gasteiger partial charge in [0.15, 0.2) is 11.5 Å². The third-order valence-corrected chi connectivity index (χ3v) is 3.27. The lowest BCUT2D eigenvalue weighted by atomic mass is 9.98. The Morgan fingerprint density at radius 1 is 1.41 bits per heavy atom. The minimum absolute atomic E-state index is 0.426. The van der Waals surface area contributed by atoms with Crippen LogP contribution in [0.2, 0.25) is 0 Å². The molecular formula is C12H16N4O. The fourth-order valence-corrected chi connectivity index (χ4v) is 2.29. The van der Waals surface area contributed by atoms with Gasteiger partial charge in [-0.1, -0.05) is 0 Å². The van der Waals surface area contributed by atoms with E-state index in [1.807, 2.05) is 13.1 Å². The van der Waals surface area contributed by atoms with E-state index in [9.17, 15) is 0 Å². The Morgan fingerprint density at radius 3 is 3.00 bits per heavy atom. The number of oxazole rings is 1. The number of fused-ring (bicyclic) bond motifs is 1. The molecule has 1 aliphatic rings. The van der Waals surface area contributed by atoms with Gasteiger partial charge in [0, 0.05) is 19.2 Å². The second-order valence-corrected chi connectivity index (χ2v) is 4.34. The van der Waals surface area contributed by atoms with Crippen LogP contribution in [0.25, 0.3) is 11.2 Å². The number of nitrogens with zero attached hydrogens (tertiary/aromatic N) is 2. The van der Waals surface area contributed by atoms with E-state index >= 15 is 0 Å². The molecular weight excluding hydrogens is 216 g/mol. The topological polar surface area (TPSA) is 63.0 Å². The number of rotatable bonds is 2. The van der Waals surface area contributed by atoms with Gasteiger partial charge in [0.1, 0.15) is 0 Å². The predicted octanol–water partition coefficient (Wildman–Crippen LogP) is 1.73. The average Bonchev–Trinajstić information content (AvgIpc) is 2.83. The zero-order valence-corrected chi connectivity index (χ0v) is 9.86. The first-order valence-corrected chi connectivity index (χ1v) is 6.02. The van der Waals surface area contributed by atoms with Crippen LogP contribution in [0, 0.1) is 0 Å². The maximum absolute atomic E-state index is 5.87. The Labute approximate surface area is 99.6 Å². The molecule has 17 heavy (non-hydrogen) atoms. The molecule has 0 amide bonds. The Morgan fingerprint density at radius 2 is 2.24 bits per heavy atom. The second-order valence-electron chi connectivity index (χ2n) is 4.34. The van der Waals surface area contributed by atoms with Crippen molar-refractivity contribution in [2.24, 2.45) is 0 Å². The first kappa shape index (κ1) is 10.5. The van der Waals surface area contributed by atoms with Gasteiger partial charge in [0.2, 0.25) is 5.65 Å². The summed E-state index contributed by atoms with van der Waals surface area (Å²) in [6.45, 7) is 2.07. The normalized spacial score (nSPS) is 17.5. The van der Waals surface area contributed by atoms with Crippen LogP contribution in [-0.2, 0) is 0 Å². The first-order chi connectivity index (χ1) is 8.38. The highest BCUT2D eigenvalue weighted by Crippen LogP contribution is 2.29. The molecule has 0 bridgehead atoms. The molecule has 0 atom stereocenters. The van der Waals surface area contributed by atoms with Crippen LogP contribution in [0.5, 0.6) is 0 Å². The molecule has 0 unspecified atom stereocenters. The Balaban J connectivity index is 2.00. The SMILES string of the molecule is CNc1ccnc2nc(C3CCNCC3)oc12. The molecule has 0 radical (unpaired) electrons. The molecule has 1 saturated heterocycles. The van der Waals surface area contributed by atoms with Gasteiger partial charge >= 0.3 is 0 Å². The van der Waals surface area contributed by atoms with E-state index in [4.69, 9.17) is 4.42 Å². The van der Waals surface area contributed by atoms with Crippen molar-refractivity contribution in [1.82, 2.24) is 15.3 Å². The summed E-state index contributed by atoms with van der Waals surface area (Å²) in [5.74, 6) is 1.26. The van der Waals surface area contributed by atoms with Crippen molar-refractivity contribution >= 4 is 16.9 Å². The number of pyridine rings is 1. The third-order valence-electron chi connectivity index (χ3n) is 3.27. The van der Waals surface area contributed by atoms with Crippen molar-refractivity contribution in [2.75, 3.05) is 25.5 Å². The number of anilines is 1. The Hall–Kier alpha value is -1.62. The molecule has 2 aromatic heterocycles. The van der Waals surface area contributed by atoms with E-state index in [0.29, 0.717) is 11.6 Å². The molecule has 1 aliphatic heterocycles. The van der Waals surface area contributed by atoms with Gasteiger partial charge in [-0.05, 0) is 32.0 Å². The number of hydrogen-bond acceptors (Lipinski definition) is 5. The summed E-state index contributed by atoms with van der Waals surface area (Å²) >= 11 is 0. The zero-order valence-electron chi connectivity index (χ0n) is 9.86. The summed E-state index contributed by atoms with van der Waals surface area (Å²) in [5, 5.41) is 6.44. The fourth-order valence-electron chi connectivity index (χ4n) is 2.29. The van der Waals surface area contributed by atoms with Crippen LogP contribution in [0.3, 0.4) is 0 Å². The van der Waals surface area contributed by atoms with Crippen LogP contribution in [-0.4, -0.2) is 30.1 Å². The van der Waals surface area contributed by atoms with Crippen molar-refractivity contribution in [1.29, 1.82) is 0 Å². The highest BCUT2D eigenvalue weighted by Gasteiger charge is 2.21. The van der Waals surface area contributed by atoms with Gasteiger partial charge in [0.05, 0.1) is 5.69 Å².